The van der Waals surface area contributed by atoms with Gasteiger partial charge in [0.05, 0.1) is 24.0 Å². The van der Waals surface area contributed by atoms with Crippen LogP contribution in [-0.2, 0) is 10.8 Å². The number of amides is 1. The van der Waals surface area contributed by atoms with Crippen molar-refractivity contribution in [3.8, 4) is 11.3 Å². The molecule has 2 aromatic heterocycles. The monoisotopic (exact) mass is 527 g/mol. The van der Waals surface area contributed by atoms with E-state index >= 15 is 0 Å². The molecule has 1 aliphatic carbocycles. The number of hydrogen-bond donors (Lipinski definition) is 2. The van der Waals surface area contributed by atoms with Gasteiger partial charge in [-0.25, -0.2) is 13.7 Å². The Labute approximate surface area is 213 Å². The summed E-state index contributed by atoms with van der Waals surface area (Å²) in [4.78, 5) is 17.4. The standard InChI is InChI=1S/C26H24F3N5O2S/c1-16-13-17(7-10-20(16)25(35)32-18-8-9-18)22-15-31-24-21(30-12-11-26(27,28)29)14-23(33-34(22)24)37(36)19-5-3-2-4-6-19/h2-7,10,13-15,18,30H,8-9,11-12H2,1H3,(H,32,35). The molecule has 2 heterocycles. The molecule has 1 atom stereocenters. The number of aryl methyl sites for hydroxylation is 1. The summed E-state index contributed by atoms with van der Waals surface area (Å²) in [5.41, 5.74) is 3.19. The predicted molar refractivity (Wildman–Crippen MR) is 134 cm³/mol. The molecule has 7 nitrogen and oxygen atoms in total. The molecule has 37 heavy (non-hydrogen) atoms. The van der Waals surface area contributed by atoms with Crippen molar-refractivity contribution < 1.29 is 22.2 Å². The number of rotatable bonds is 8. The minimum Gasteiger partial charge on any atom is -0.382 e. The van der Waals surface area contributed by atoms with Crippen LogP contribution in [0.3, 0.4) is 0 Å². The summed E-state index contributed by atoms with van der Waals surface area (Å²) >= 11 is 0. The Kier molecular flexibility index (Phi) is 6.72. The van der Waals surface area contributed by atoms with E-state index < -0.39 is 23.4 Å². The van der Waals surface area contributed by atoms with Gasteiger partial charge in [-0.15, -0.1) is 0 Å². The third-order valence-electron chi connectivity index (χ3n) is 6.00. The zero-order valence-corrected chi connectivity index (χ0v) is 20.7. The lowest BCUT2D eigenvalue weighted by molar-refractivity contribution is -0.131. The van der Waals surface area contributed by atoms with Crippen molar-refractivity contribution in [2.24, 2.45) is 0 Å². The molecule has 5 rings (SSSR count). The maximum atomic E-state index is 13.3. The van der Waals surface area contributed by atoms with Gasteiger partial charge in [0.15, 0.2) is 10.7 Å². The molecule has 0 spiro atoms. The SMILES string of the molecule is Cc1cc(-c2cnc3c(NCCC(F)(F)F)cc(S(=O)c4ccccc4)nn23)ccc1C(=O)NC1CC1. The van der Waals surface area contributed by atoms with Crippen LogP contribution >= 0.6 is 0 Å². The Hall–Kier alpha value is -3.73. The van der Waals surface area contributed by atoms with Gasteiger partial charge in [0.2, 0.25) is 0 Å². The largest absolute Gasteiger partial charge is 0.390 e. The van der Waals surface area contributed by atoms with E-state index in [1.54, 1.807) is 48.7 Å². The number of nitrogens with zero attached hydrogens (tertiary/aromatic N) is 3. The van der Waals surface area contributed by atoms with Crippen LogP contribution < -0.4 is 10.6 Å². The molecule has 192 valence electrons. The van der Waals surface area contributed by atoms with Crippen LogP contribution in [0.5, 0.6) is 0 Å². The van der Waals surface area contributed by atoms with Gasteiger partial charge in [0.25, 0.3) is 5.91 Å². The molecule has 1 fully saturated rings. The molecule has 2 N–H and O–H groups in total. The van der Waals surface area contributed by atoms with Crippen LogP contribution in [0.2, 0.25) is 0 Å². The topological polar surface area (TPSA) is 88.4 Å². The van der Waals surface area contributed by atoms with Crippen LogP contribution in [0.25, 0.3) is 16.9 Å². The number of benzene rings is 2. The summed E-state index contributed by atoms with van der Waals surface area (Å²) in [6.45, 7) is 1.47. The number of halogens is 3. The minimum absolute atomic E-state index is 0.125. The normalized spacial score (nSPS) is 14.5. The maximum Gasteiger partial charge on any atom is 0.390 e. The van der Waals surface area contributed by atoms with Crippen molar-refractivity contribution in [3.05, 3.63) is 71.9 Å². The molecule has 1 unspecified atom stereocenters. The fourth-order valence-electron chi connectivity index (χ4n) is 3.94. The van der Waals surface area contributed by atoms with Crippen molar-refractivity contribution in [1.82, 2.24) is 19.9 Å². The van der Waals surface area contributed by atoms with E-state index in [2.05, 4.69) is 20.7 Å². The van der Waals surface area contributed by atoms with Crippen LogP contribution in [0.1, 0.15) is 35.2 Å². The minimum atomic E-state index is -4.32. The van der Waals surface area contributed by atoms with E-state index in [1.165, 1.54) is 10.6 Å². The van der Waals surface area contributed by atoms with Gasteiger partial charge in [-0.1, -0.05) is 24.3 Å². The highest BCUT2D eigenvalue weighted by Gasteiger charge is 2.27. The highest BCUT2D eigenvalue weighted by atomic mass is 32.2. The lowest BCUT2D eigenvalue weighted by atomic mass is 10.0. The first-order chi connectivity index (χ1) is 17.7. The number of hydrogen-bond acceptors (Lipinski definition) is 5. The molecule has 4 aromatic rings. The smallest absolute Gasteiger partial charge is 0.382 e. The van der Waals surface area contributed by atoms with E-state index in [0.717, 1.165) is 18.4 Å². The summed E-state index contributed by atoms with van der Waals surface area (Å²) in [7, 11) is -1.67. The molecule has 11 heteroatoms. The Bertz CT molecular complexity index is 1480. The lowest BCUT2D eigenvalue weighted by Crippen LogP contribution is -2.26. The molecule has 1 saturated carbocycles. The Morgan fingerprint density at radius 2 is 1.89 bits per heavy atom. The van der Waals surface area contributed by atoms with Crippen molar-refractivity contribution in [3.63, 3.8) is 0 Å². The molecular formula is C26H24F3N5O2S. The molecular weight excluding hydrogens is 503 g/mol. The van der Waals surface area contributed by atoms with E-state index in [9.17, 15) is 22.2 Å². The van der Waals surface area contributed by atoms with Crippen LogP contribution in [-0.4, -0.2) is 43.5 Å². The summed E-state index contributed by atoms with van der Waals surface area (Å²) in [6.07, 6.45) is -1.82. The quantitative estimate of drug-likeness (QED) is 0.332. The third kappa shape index (κ3) is 5.66. The van der Waals surface area contributed by atoms with E-state index in [1.807, 2.05) is 13.0 Å². The van der Waals surface area contributed by atoms with Crippen LogP contribution in [0.4, 0.5) is 18.9 Å². The number of alkyl halides is 3. The molecule has 1 amide bonds. The van der Waals surface area contributed by atoms with Gasteiger partial charge in [-0.3, -0.25) is 4.79 Å². The average Bonchev–Trinajstić information content (AvgIpc) is 3.57. The van der Waals surface area contributed by atoms with Crippen molar-refractivity contribution in [2.75, 3.05) is 11.9 Å². The number of fused-ring (bicyclic) bond motifs is 1. The fourth-order valence-corrected chi connectivity index (χ4v) is 4.96. The van der Waals surface area contributed by atoms with E-state index in [4.69, 9.17) is 0 Å². The second-order valence-electron chi connectivity index (χ2n) is 8.93. The summed E-state index contributed by atoms with van der Waals surface area (Å²) < 4.78 is 53.1. The van der Waals surface area contributed by atoms with Gasteiger partial charge in [-0.2, -0.15) is 18.3 Å². The summed E-state index contributed by atoms with van der Waals surface area (Å²) in [6, 6.07) is 15.8. The predicted octanol–water partition coefficient (Wildman–Crippen LogP) is 5.13. The van der Waals surface area contributed by atoms with E-state index in [-0.39, 0.29) is 23.5 Å². The second kappa shape index (κ2) is 9.97. The van der Waals surface area contributed by atoms with Crippen molar-refractivity contribution >= 4 is 28.0 Å². The van der Waals surface area contributed by atoms with E-state index in [0.29, 0.717) is 33.1 Å². The van der Waals surface area contributed by atoms with Crippen molar-refractivity contribution in [1.29, 1.82) is 0 Å². The zero-order valence-electron chi connectivity index (χ0n) is 19.9. The first kappa shape index (κ1) is 24.9. The Morgan fingerprint density at radius 1 is 1.14 bits per heavy atom. The fraction of sp³-hybridized carbons (Fsp3) is 0.269. The number of anilines is 1. The van der Waals surface area contributed by atoms with Crippen LogP contribution in [0.15, 0.2) is 70.7 Å². The van der Waals surface area contributed by atoms with Gasteiger partial charge in [-0.05, 0) is 49.6 Å². The Balaban J connectivity index is 1.54. The summed E-state index contributed by atoms with van der Waals surface area (Å²) in [5, 5.41) is 10.5. The number of aromatic nitrogens is 3. The maximum absolute atomic E-state index is 13.3. The molecule has 1 aliphatic rings. The Morgan fingerprint density at radius 3 is 2.57 bits per heavy atom. The summed E-state index contributed by atoms with van der Waals surface area (Å²) in [5.74, 6) is -0.125. The van der Waals surface area contributed by atoms with Gasteiger partial charge in [0.1, 0.15) is 10.8 Å². The lowest BCUT2D eigenvalue weighted by Gasteiger charge is -2.13. The van der Waals surface area contributed by atoms with Gasteiger partial charge >= 0.3 is 6.18 Å². The number of imidazole rings is 1. The average molecular weight is 528 g/mol. The number of carbonyl (C=O) groups is 1. The number of nitrogens with one attached hydrogen (secondary N) is 2. The highest BCUT2D eigenvalue weighted by Crippen LogP contribution is 2.29. The van der Waals surface area contributed by atoms with Crippen LogP contribution in [0, 0.1) is 6.92 Å². The first-order valence-electron chi connectivity index (χ1n) is 11.8. The zero-order chi connectivity index (χ0) is 26.2. The van der Waals surface area contributed by atoms with Crippen molar-refractivity contribution in [2.45, 2.75) is 48.3 Å². The molecule has 0 saturated heterocycles. The molecule has 0 bridgehead atoms. The molecule has 0 radical (unpaired) electrons. The van der Waals surface area contributed by atoms with Gasteiger partial charge < -0.3 is 10.6 Å². The van der Waals surface area contributed by atoms with Gasteiger partial charge in [0, 0.05) is 34.7 Å². The third-order valence-corrected chi connectivity index (χ3v) is 7.28. The first-order valence-corrected chi connectivity index (χ1v) is 12.9. The highest BCUT2D eigenvalue weighted by molar-refractivity contribution is 7.85. The molecule has 2 aromatic carbocycles. The molecule has 0 aliphatic heterocycles. The second-order valence-corrected chi connectivity index (χ2v) is 10.4. The number of carbonyl (C=O) groups excluding carboxylic acids is 1.